The van der Waals surface area contributed by atoms with Crippen LogP contribution in [0, 0.1) is 0 Å². The zero-order chi connectivity index (χ0) is 8.27. The third-order valence-electron chi connectivity index (χ3n) is 1.01. The highest BCUT2D eigenvalue weighted by molar-refractivity contribution is 7.09. The highest BCUT2D eigenvalue weighted by Crippen LogP contribution is 2.09. The van der Waals surface area contributed by atoms with Gasteiger partial charge in [0.05, 0.1) is 12.3 Å². The molecule has 0 bridgehead atoms. The van der Waals surface area contributed by atoms with E-state index in [9.17, 15) is 0 Å². The minimum Gasteiger partial charge on any atom is -0.493 e. The van der Waals surface area contributed by atoms with E-state index in [0.29, 0.717) is 5.69 Å². The number of anilines is 1. The van der Waals surface area contributed by atoms with Crippen molar-refractivity contribution in [2.45, 2.75) is 6.61 Å². The van der Waals surface area contributed by atoms with Crippen molar-refractivity contribution in [2.75, 3.05) is 5.73 Å². The van der Waals surface area contributed by atoms with Gasteiger partial charge in [0.15, 0.2) is 0 Å². The van der Waals surface area contributed by atoms with E-state index < -0.39 is 0 Å². The SMILES string of the molecule is Nc1nc(O)cc(COP)n1. The van der Waals surface area contributed by atoms with Crippen LogP contribution in [0.1, 0.15) is 5.69 Å². The number of nitrogens with zero attached hydrogens (tertiary/aromatic N) is 2. The van der Waals surface area contributed by atoms with Crippen molar-refractivity contribution in [1.29, 1.82) is 0 Å². The summed E-state index contributed by atoms with van der Waals surface area (Å²) in [7, 11) is 2.08. The number of aromatic nitrogens is 2. The maximum atomic E-state index is 8.93. The van der Waals surface area contributed by atoms with Crippen LogP contribution in [0.4, 0.5) is 5.95 Å². The molecule has 0 fully saturated rings. The molecule has 6 heteroatoms. The number of hydrogen-bond acceptors (Lipinski definition) is 5. The number of hydrogen-bond donors (Lipinski definition) is 2. The van der Waals surface area contributed by atoms with E-state index in [1.165, 1.54) is 6.07 Å². The summed E-state index contributed by atoms with van der Waals surface area (Å²) in [5.41, 5.74) is 5.79. The Balaban J connectivity index is 2.89. The Morgan fingerprint density at radius 1 is 1.64 bits per heavy atom. The molecular formula is C5H8N3O2P. The average molecular weight is 173 g/mol. The first-order valence-electron chi connectivity index (χ1n) is 2.86. The van der Waals surface area contributed by atoms with Crippen molar-refractivity contribution in [2.24, 2.45) is 0 Å². The Bertz CT molecular complexity index is 235. The zero-order valence-electron chi connectivity index (χ0n) is 5.69. The van der Waals surface area contributed by atoms with Gasteiger partial charge in [-0.15, -0.1) is 0 Å². The van der Waals surface area contributed by atoms with E-state index in [-0.39, 0.29) is 18.4 Å². The molecule has 0 spiro atoms. The molecule has 1 heterocycles. The predicted molar refractivity (Wildman–Crippen MR) is 42.6 cm³/mol. The van der Waals surface area contributed by atoms with Crippen LogP contribution in [0.3, 0.4) is 0 Å². The molecule has 1 rings (SSSR count). The van der Waals surface area contributed by atoms with E-state index in [1.54, 1.807) is 0 Å². The molecule has 0 saturated carbocycles. The minimum atomic E-state index is -0.144. The Morgan fingerprint density at radius 3 is 2.91 bits per heavy atom. The normalized spacial score (nSPS) is 9.91. The summed E-state index contributed by atoms with van der Waals surface area (Å²) in [4.78, 5) is 7.27. The minimum absolute atomic E-state index is 0.0436. The summed E-state index contributed by atoms with van der Waals surface area (Å²) in [6, 6.07) is 1.39. The van der Waals surface area contributed by atoms with Crippen LogP contribution in [-0.4, -0.2) is 15.1 Å². The van der Waals surface area contributed by atoms with E-state index >= 15 is 0 Å². The standard InChI is InChI=1S/C5H8N3O2P/c6-5-7-3(2-10-11)1-4(9)8-5/h1H,2,11H2,(H3,6,7,8,9). The molecule has 1 aromatic heterocycles. The number of nitrogens with two attached hydrogens (primary N) is 1. The predicted octanol–water partition coefficient (Wildman–Crippen LogP) is 0.0711. The molecule has 0 aliphatic rings. The monoisotopic (exact) mass is 173 g/mol. The van der Waals surface area contributed by atoms with Crippen LogP contribution >= 0.6 is 9.47 Å². The first-order chi connectivity index (χ1) is 5.22. The molecule has 1 atom stereocenters. The lowest BCUT2D eigenvalue weighted by molar-refractivity contribution is 0.353. The third kappa shape index (κ3) is 2.29. The van der Waals surface area contributed by atoms with Crippen molar-refractivity contribution in [3.63, 3.8) is 0 Å². The van der Waals surface area contributed by atoms with Gasteiger partial charge < -0.3 is 15.4 Å². The van der Waals surface area contributed by atoms with Crippen LogP contribution < -0.4 is 5.73 Å². The fraction of sp³-hybridized carbons (Fsp3) is 0.200. The van der Waals surface area contributed by atoms with Crippen molar-refractivity contribution < 1.29 is 9.63 Å². The molecule has 0 aromatic carbocycles. The largest absolute Gasteiger partial charge is 0.493 e. The van der Waals surface area contributed by atoms with Crippen LogP contribution in [-0.2, 0) is 11.1 Å². The highest BCUT2D eigenvalue weighted by Gasteiger charge is 1.99. The summed E-state index contributed by atoms with van der Waals surface area (Å²) < 4.78 is 4.70. The Morgan fingerprint density at radius 2 is 2.36 bits per heavy atom. The second-order valence-electron chi connectivity index (χ2n) is 1.89. The van der Waals surface area contributed by atoms with Crippen molar-refractivity contribution >= 4 is 15.4 Å². The lowest BCUT2D eigenvalue weighted by atomic mass is 10.4. The second-order valence-corrected chi connectivity index (χ2v) is 2.22. The maximum Gasteiger partial charge on any atom is 0.223 e. The Hall–Kier alpha value is -0.930. The first-order valence-corrected chi connectivity index (χ1v) is 3.33. The van der Waals surface area contributed by atoms with Crippen LogP contribution in [0.2, 0.25) is 0 Å². The highest BCUT2D eigenvalue weighted by atomic mass is 31.0. The van der Waals surface area contributed by atoms with E-state index in [0.717, 1.165) is 0 Å². The molecule has 0 saturated heterocycles. The average Bonchev–Trinajstić information content (AvgIpc) is 1.85. The lowest BCUT2D eigenvalue weighted by Gasteiger charge is -1.99. The fourth-order valence-electron chi connectivity index (χ4n) is 0.662. The molecule has 60 valence electrons. The van der Waals surface area contributed by atoms with Gasteiger partial charge in [-0.2, -0.15) is 4.98 Å². The van der Waals surface area contributed by atoms with E-state index in [1.807, 2.05) is 0 Å². The molecule has 1 unspecified atom stereocenters. The molecule has 0 aliphatic carbocycles. The quantitative estimate of drug-likeness (QED) is 0.618. The summed E-state index contributed by atoms with van der Waals surface area (Å²) >= 11 is 0. The van der Waals surface area contributed by atoms with Gasteiger partial charge >= 0.3 is 0 Å². The summed E-state index contributed by atoms with van der Waals surface area (Å²) in [5, 5.41) is 8.93. The zero-order valence-corrected chi connectivity index (χ0v) is 6.84. The summed E-state index contributed by atoms with van der Waals surface area (Å²) in [6.45, 7) is 0.283. The molecule has 0 aliphatic heterocycles. The topological polar surface area (TPSA) is 81.3 Å². The molecule has 5 nitrogen and oxygen atoms in total. The van der Waals surface area contributed by atoms with Gasteiger partial charge in [0.25, 0.3) is 0 Å². The van der Waals surface area contributed by atoms with Gasteiger partial charge in [-0.25, -0.2) is 4.98 Å². The molecular weight excluding hydrogens is 165 g/mol. The van der Waals surface area contributed by atoms with Crippen molar-refractivity contribution in [3.8, 4) is 5.88 Å². The number of rotatable bonds is 2. The van der Waals surface area contributed by atoms with E-state index in [4.69, 9.17) is 15.4 Å². The molecule has 1 aromatic rings. The Labute approximate surface area is 65.9 Å². The van der Waals surface area contributed by atoms with Gasteiger partial charge in [0, 0.05) is 15.5 Å². The fourth-order valence-corrected chi connectivity index (χ4v) is 0.833. The van der Waals surface area contributed by atoms with Gasteiger partial charge in [0.2, 0.25) is 11.8 Å². The van der Waals surface area contributed by atoms with Crippen LogP contribution in [0.15, 0.2) is 6.07 Å². The van der Waals surface area contributed by atoms with Gasteiger partial charge in [-0.1, -0.05) is 0 Å². The van der Waals surface area contributed by atoms with Crippen molar-refractivity contribution in [3.05, 3.63) is 11.8 Å². The first kappa shape index (κ1) is 8.17. The van der Waals surface area contributed by atoms with Gasteiger partial charge in [0.1, 0.15) is 0 Å². The second kappa shape index (κ2) is 3.46. The summed E-state index contributed by atoms with van der Waals surface area (Å²) in [5.74, 6) is -0.100. The van der Waals surface area contributed by atoms with Gasteiger partial charge in [-0.05, 0) is 0 Å². The number of aromatic hydroxyl groups is 1. The van der Waals surface area contributed by atoms with Gasteiger partial charge in [-0.3, -0.25) is 0 Å². The molecule has 3 N–H and O–H groups in total. The van der Waals surface area contributed by atoms with Crippen LogP contribution in [0.5, 0.6) is 5.88 Å². The molecule has 0 radical (unpaired) electrons. The maximum absolute atomic E-state index is 8.93. The smallest absolute Gasteiger partial charge is 0.223 e. The Kier molecular flexibility index (Phi) is 2.57. The number of nitrogen functional groups attached to an aromatic ring is 1. The van der Waals surface area contributed by atoms with Crippen molar-refractivity contribution in [1.82, 2.24) is 9.97 Å². The third-order valence-corrected chi connectivity index (χ3v) is 1.18. The lowest BCUT2D eigenvalue weighted by Crippen LogP contribution is -1.98. The molecule has 11 heavy (non-hydrogen) atoms. The summed E-state index contributed by atoms with van der Waals surface area (Å²) in [6.07, 6.45) is 0. The van der Waals surface area contributed by atoms with Crippen LogP contribution in [0.25, 0.3) is 0 Å². The van der Waals surface area contributed by atoms with E-state index in [2.05, 4.69) is 19.4 Å². The molecule has 0 amide bonds.